The summed E-state index contributed by atoms with van der Waals surface area (Å²) in [6, 6.07) is 1.32. The molecule has 0 aliphatic rings. The predicted octanol–water partition coefficient (Wildman–Crippen LogP) is 3.18. The van der Waals surface area contributed by atoms with Gasteiger partial charge in [-0.1, -0.05) is 11.6 Å². The number of rotatable bonds is 3. The zero-order chi connectivity index (χ0) is 12.5. The summed E-state index contributed by atoms with van der Waals surface area (Å²) in [5.41, 5.74) is -1.62. The summed E-state index contributed by atoms with van der Waals surface area (Å²) >= 11 is 5.21. The number of halogens is 5. The minimum Gasteiger partial charge on any atom is -0.481 e. The van der Waals surface area contributed by atoms with Crippen LogP contribution in [0.4, 0.5) is 17.6 Å². The first-order valence-electron chi connectivity index (χ1n) is 3.99. The van der Waals surface area contributed by atoms with Gasteiger partial charge in [-0.05, 0) is 12.1 Å². The number of carboxylic acids is 1. The third-order valence-electron chi connectivity index (χ3n) is 1.78. The average molecular weight is 257 g/mol. The molecule has 0 aliphatic carbocycles. The van der Waals surface area contributed by atoms with E-state index >= 15 is 0 Å². The van der Waals surface area contributed by atoms with E-state index in [1.54, 1.807) is 0 Å². The van der Waals surface area contributed by atoms with Crippen molar-refractivity contribution >= 4 is 17.6 Å². The fraction of sp³-hybridized carbons (Fsp3) is 0.222. The molecule has 0 bridgehead atoms. The largest absolute Gasteiger partial charge is 0.481 e. The summed E-state index contributed by atoms with van der Waals surface area (Å²) in [6.45, 7) is 0. The van der Waals surface area contributed by atoms with Crippen molar-refractivity contribution in [3.05, 3.63) is 34.4 Å². The Hall–Kier alpha value is -1.30. The summed E-state index contributed by atoms with van der Waals surface area (Å²) in [5, 5.41) is 7.51. The van der Waals surface area contributed by atoms with E-state index in [0.29, 0.717) is 6.07 Å². The average Bonchev–Trinajstić information content (AvgIpc) is 2.09. The summed E-state index contributed by atoms with van der Waals surface area (Å²) in [5.74, 6) is -9.20. The van der Waals surface area contributed by atoms with Crippen molar-refractivity contribution in [3.63, 3.8) is 0 Å². The summed E-state index contributed by atoms with van der Waals surface area (Å²) in [7, 11) is 0. The van der Waals surface area contributed by atoms with Crippen LogP contribution >= 0.6 is 11.6 Å². The van der Waals surface area contributed by atoms with E-state index in [0.717, 1.165) is 6.07 Å². The fourth-order valence-electron chi connectivity index (χ4n) is 1.14. The van der Waals surface area contributed by atoms with Crippen molar-refractivity contribution in [2.24, 2.45) is 0 Å². The molecule has 2 nitrogen and oxygen atoms in total. The summed E-state index contributed by atoms with van der Waals surface area (Å²) in [6.07, 6.45) is -1.71. The maximum atomic E-state index is 13.2. The van der Waals surface area contributed by atoms with Crippen molar-refractivity contribution in [3.8, 4) is 0 Å². The Morgan fingerprint density at radius 2 is 1.94 bits per heavy atom. The van der Waals surface area contributed by atoms with Crippen molar-refractivity contribution in [1.82, 2.24) is 0 Å². The molecule has 0 saturated carbocycles. The van der Waals surface area contributed by atoms with Gasteiger partial charge in [-0.15, -0.1) is 0 Å². The lowest BCUT2D eigenvalue weighted by Gasteiger charge is -2.16. The normalized spacial score (nSPS) is 11.6. The Bertz CT molecular complexity index is 434. The first kappa shape index (κ1) is 12.8. The van der Waals surface area contributed by atoms with Gasteiger partial charge in [0, 0.05) is 0 Å². The van der Waals surface area contributed by atoms with E-state index in [1.807, 2.05) is 0 Å². The highest BCUT2D eigenvalue weighted by Gasteiger charge is 2.40. The number of hydrogen-bond acceptors (Lipinski definition) is 1. The number of carboxylic acid groups (broad SMARTS) is 1. The van der Waals surface area contributed by atoms with E-state index in [2.05, 4.69) is 0 Å². The number of aliphatic carboxylic acids is 1. The fourth-order valence-corrected chi connectivity index (χ4v) is 1.30. The second-order valence-electron chi connectivity index (χ2n) is 2.99. The number of alkyl halides is 2. The van der Waals surface area contributed by atoms with Crippen LogP contribution in [0.1, 0.15) is 12.0 Å². The second-order valence-corrected chi connectivity index (χ2v) is 3.40. The van der Waals surface area contributed by atoms with Crippen LogP contribution in [0.2, 0.25) is 5.02 Å². The highest BCUT2D eigenvalue weighted by atomic mass is 35.5. The molecule has 16 heavy (non-hydrogen) atoms. The first-order valence-corrected chi connectivity index (χ1v) is 4.37. The molecule has 0 amide bonds. The lowest BCUT2D eigenvalue weighted by atomic mass is 10.0. The third kappa shape index (κ3) is 2.44. The topological polar surface area (TPSA) is 37.3 Å². The lowest BCUT2D eigenvalue weighted by molar-refractivity contribution is -0.145. The van der Waals surface area contributed by atoms with E-state index in [1.165, 1.54) is 0 Å². The highest BCUT2D eigenvalue weighted by molar-refractivity contribution is 6.30. The summed E-state index contributed by atoms with van der Waals surface area (Å²) < 4.78 is 52.5. The first-order chi connectivity index (χ1) is 7.25. The molecule has 88 valence electrons. The lowest BCUT2D eigenvalue weighted by Crippen LogP contribution is -2.22. The minimum atomic E-state index is -4.15. The molecule has 1 aromatic carbocycles. The Balaban J connectivity index is 3.31. The Kier molecular flexibility index (Phi) is 3.42. The van der Waals surface area contributed by atoms with Crippen molar-refractivity contribution in [1.29, 1.82) is 0 Å². The Morgan fingerprint density at radius 3 is 2.44 bits per heavy atom. The van der Waals surface area contributed by atoms with E-state index < -0.39 is 40.5 Å². The van der Waals surface area contributed by atoms with Crippen LogP contribution in [0.5, 0.6) is 0 Å². The molecule has 0 saturated heterocycles. The van der Waals surface area contributed by atoms with Gasteiger partial charge < -0.3 is 5.11 Å². The SMILES string of the molecule is O=C(O)CC(F)(F)c1c(F)ccc(Cl)c1F. The maximum absolute atomic E-state index is 13.2. The second kappa shape index (κ2) is 4.29. The Morgan fingerprint density at radius 1 is 1.38 bits per heavy atom. The van der Waals surface area contributed by atoms with Gasteiger partial charge in [-0.2, -0.15) is 0 Å². The van der Waals surface area contributed by atoms with Crippen LogP contribution in [-0.4, -0.2) is 11.1 Å². The number of hydrogen-bond donors (Lipinski definition) is 1. The molecule has 1 rings (SSSR count). The molecule has 0 aromatic heterocycles. The third-order valence-corrected chi connectivity index (χ3v) is 2.07. The quantitative estimate of drug-likeness (QED) is 0.666. The van der Waals surface area contributed by atoms with Gasteiger partial charge in [0.15, 0.2) is 5.82 Å². The highest BCUT2D eigenvalue weighted by Crippen LogP contribution is 2.37. The van der Waals surface area contributed by atoms with Gasteiger partial charge in [0.2, 0.25) is 0 Å². The van der Waals surface area contributed by atoms with E-state index in [4.69, 9.17) is 16.7 Å². The van der Waals surface area contributed by atoms with E-state index in [9.17, 15) is 22.4 Å². The molecule has 1 N–H and O–H groups in total. The minimum absolute atomic E-state index is 0.552. The van der Waals surface area contributed by atoms with E-state index in [-0.39, 0.29) is 0 Å². The summed E-state index contributed by atoms with van der Waals surface area (Å²) in [4.78, 5) is 10.1. The van der Waals surface area contributed by atoms with Gasteiger partial charge in [-0.25, -0.2) is 17.6 Å². The van der Waals surface area contributed by atoms with Crippen LogP contribution in [0.25, 0.3) is 0 Å². The van der Waals surface area contributed by atoms with Gasteiger partial charge in [-0.3, -0.25) is 4.79 Å². The molecular weight excluding hydrogens is 252 g/mol. The van der Waals surface area contributed by atoms with Crippen molar-refractivity contribution < 1.29 is 27.5 Å². The zero-order valence-electron chi connectivity index (χ0n) is 7.61. The molecule has 0 fully saturated rings. The molecular formula is C9H5ClF4O2. The maximum Gasteiger partial charge on any atom is 0.309 e. The molecule has 0 spiro atoms. The predicted molar refractivity (Wildman–Crippen MR) is 47.5 cm³/mol. The molecule has 0 radical (unpaired) electrons. The van der Waals surface area contributed by atoms with Crippen LogP contribution in [-0.2, 0) is 10.7 Å². The zero-order valence-corrected chi connectivity index (χ0v) is 8.36. The van der Waals surface area contributed by atoms with Gasteiger partial charge in [0.1, 0.15) is 12.2 Å². The number of carbonyl (C=O) groups is 1. The number of benzene rings is 1. The van der Waals surface area contributed by atoms with Gasteiger partial charge in [0.05, 0.1) is 10.6 Å². The molecule has 0 heterocycles. The van der Waals surface area contributed by atoms with Gasteiger partial charge in [0.25, 0.3) is 5.92 Å². The smallest absolute Gasteiger partial charge is 0.309 e. The molecule has 0 unspecified atom stereocenters. The van der Waals surface area contributed by atoms with Gasteiger partial charge >= 0.3 is 5.97 Å². The standard InChI is InChI=1S/C9H5ClF4O2/c10-4-1-2-5(11)7(8(4)12)9(13,14)3-6(15)16/h1-2H,3H2,(H,15,16). The molecule has 0 atom stereocenters. The van der Waals surface area contributed by atoms with Crippen LogP contribution in [0.3, 0.4) is 0 Å². The monoisotopic (exact) mass is 256 g/mol. The Labute approximate surface area is 92.4 Å². The van der Waals surface area contributed by atoms with Crippen molar-refractivity contribution in [2.75, 3.05) is 0 Å². The van der Waals surface area contributed by atoms with Crippen LogP contribution in [0.15, 0.2) is 12.1 Å². The molecule has 7 heteroatoms. The van der Waals surface area contributed by atoms with Crippen molar-refractivity contribution in [2.45, 2.75) is 12.3 Å². The molecule has 0 aliphatic heterocycles. The van der Waals surface area contributed by atoms with Crippen LogP contribution < -0.4 is 0 Å². The molecule has 1 aromatic rings. The van der Waals surface area contributed by atoms with Crippen LogP contribution in [0, 0.1) is 11.6 Å².